The van der Waals surface area contributed by atoms with Crippen LogP contribution in [0.2, 0.25) is 0 Å². The van der Waals surface area contributed by atoms with Gasteiger partial charge in [-0.2, -0.15) is 13.2 Å². The first-order valence-corrected chi connectivity index (χ1v) is 5.64. The lowest BCUT2D eigenvalue weighted by atomic mass is 10.1. The summed E-state index contributed by atoms with van der Waals surface area (Å²) in [4.78, 5) is 5.36. The summed E-state index contributed by atoms with van der Waals surface area (Å²) in [5, 5.41) is 0. The van der Waals surface area contributed by atoms with Crippen LogP contribution in [0.1, 0.15) is 11.4 Å². The summed E-state index contributed by atoms with van der Waals surface area (Å²) < 4.78 is 51.1. The van der Waals surface area contributed by atoms with E-state index in [1.807, 2.05) is 0 Å². The van der Waals surface area contributed by atoms with Gasteiger partial charge in [0.25, 0.3) is 0 Å². The molecule has 0 saturated heterocycles. The smallest absolute Gasteiger partial charge is 0.335 e. The second-order valence-electron chi connectivity index (χ2n) is 3.89. The van der Waals surface area contributed by atoms with Crippen LogP contribution < -0.4 is 0 Å². The average molecular weight is 288 g/mol. The number of nitrogens with zero attached hydrogens (tertiary/aromatic N) is 1. The monoisotopic (exact) mass is 288 g/mol. The second kappa shape index (κ2) is 4.73. The molecule has 0 aliphatic carbocycles. The van der Waals surface area contributed by atoms with Crippen LogP contribution in [-0.4, -0.2) is 9.97 Å². The number of halogens is 4. The molecule has 0 amide bonds. The van der Waals surface area contributed by atoms with Crippen molar-refractivity contribution in [3.63, 3.8) is 0 Å². The zero-order valence-corrected chi connectivity index (χ0v) is 10.5. The van der Waals surface area contributed by atoms with E-state index in [0.717, 1.165) is 0 Å². The molecule has 2 rings (SSSR count). The van der Waals surface area contributed by atoms with Crippen LogP contribution in [0.3, 0.4) is 0 Å². The number of hydrogen-bond acceptors (Lipinski definition) is 2. The molecule has 0 fully saturated rings. The molecule has 1 aromatic carbocycles. The molecule has 0 aliphatic heterocycles. The maximum atomic E-state index is 13.4. The first-order valence-electron chi connectivity index (χ1n) is 5.23. The van der Waals surface area contributed by atoms with Gasteiger partial charge in [0, 0.05) is 5.56 Å². The van der Waals surface area contributed by atoms with Gasteiger partial charge >= 0.3 is 6.18 Å². The number of benzene rings is 1. The maximum Gasteiger partial charge on any atom is 0.449 e. The molecule has 19 heavy (non-hydrogen) atoms. The number of nitrogens with one attached hydrogen (secondary N) is 1. The maximum absolute atomic E-state index is 13.4. The van der Waals surface area contributed by atoms with Gasteiger partial charge in [-0.25, -0.2) is 9.37 Å². The highest BCUT2D eigenvalue weighted by Gasteiger charge is 2.34. The first-order chi connectivity index (χ1) is 8.79. The molecule has 0 unspecified atom stereocenters. The van der Waals surface area contributed by atoms with Crippen molar-refractivity contribution in [2.24, 2.45) is 0 Å². The summed E-state index contributed by atoms with van der Waals surface area (Å²) in [6.07, 6.45) is -4.63. The van der Waals surface area contributed by atoms with E-state index in [1.54, 1.807) is 0 Å². The van der Waals surface area contributed by atoms with Crippen LogP contribution in [0.5, 0.6) is 0 Å². The molecule has 7 heteroatoms. The summed E-state index contributed by atoms with van der Waals surface area (Å²) in [7, 11) is 0. The van der Waals surface area contributed by atoms with Gasteiger partial charge in [-0.1, -0.05) is 24.4 Å². The highest BCUT2D eigenvalue weighted by atomic mass is 32.1. The Morgan fingerprint density at radius 1 is 1.26 bits per heavy atom. The van der Waals surface area contributed by atoms with Crippen molar-refractivity contribution in [2.75, 3.05) is 0 Å². The number of aromatic nitrogens is 2. The molecular formula is C12H8F4N2S. The number of H-pyrrole nitrogens is 1. The Labute approximate surface area is 111 Å². The highest BCUT2D eigenvalue weighted by molar-refractivity contribution is 7.71. The Balaban J connectivity index is 2.67. The Morgan fingerprint density at radius 2 is 1.95 bits per heavy atom. The van der Waals surface area contributed by atoms with Crippen LogP contribution >= 0.6 is 12.2 Å². The number of aromatic amines is 1. The zero-order valence-electron chi connectivity index (χ0n) is 9.68. The van der Waals surface area contributed by atoms with E-state index < -0.39 is 17.8 Å². The third-order valence-electron chi connectivity index (χ3n) is 2.57. The van der Waals surface area contributed by atoms with Crippen molar-refractivity contribution in [3.05, 3.63) is 46.1 Å². The van der Waals surface area contributed by atoms with Crippen LogP contribution in [0.4, 0.5) is 17.6 Å². The second-order valence-corrected chi connectivity index (χ2v) is 4.31. The number of hydrogen-bond donors (Lipinski definition) is 1. The number of alkyl halides is 3. The van der Waals surface area contributed by atoms with Crippen LogP contribution in [-0.2, 0) is 6.18 Å². The number of rotatable bonds is 1. The van der Waals surface area contributed by atoms with E-state index in [1.165, 1.54) is 31.2 Å². The Kier molecular flexibility index (Phi) is 3.40. The van der Waals surface area contributed by atoms with Gasteiger partial charge in [-0.3, -0.25) is 0 Å². The van der Waals surface area contributed by atoms with Crippen molar-refractivity contribution in [2.45, 2.75) is 13.1 Å². The minimum Gasteiger partial charge on any atom is -0.335 e. The molecule has 1 heterocycles. The van der Waals surface area contributed by atoms with Crippen molar-refractivity contribution < 1.29 is 17.6 Å². The fourth-order valence-corrected chi connectivity index (χ4v) is 1.85. The van der Waals surface area contributed by atoms with Gasteiger partial charge in [0.2, 0.25) is 5.82 Å². The molecule has 2 nitrogen and oxygen atoms in total. The van der Waals surface area contributed by atoms with Crippen molar-refractivity contribution >= 4 is 12.2 Å². The van der Waals surface area contributed by atoms with Gasteiger partial charge < -0.3 is 4.98 Å². The van der Waals surface area contributed by atoms with Gasteiger partial charge in [-0.05, 0) is 24.6 Å². The van der Waals surface area contributed by atoms with E-state index in [9.17, 15) is 17.6 Å². The Morgan fingerprint density at radius 3 is 2.58 bits per heavy atom. The first kappa shape index (κ1) is 13.7. The van der Waals surface area contributed by atoms with Gasteiger partial charge in [0.1, 0.15) is 10.5 Å². The van der Waals surface area contributed by atoms with Gasteiger partial charge in [-0.15, -0.1) is 0 Å². The third kappa shape index (κ3) is 2.81. The lowest BCUT2D eigenvalue weighted by molar-refractivity contribution is -0.144. The normalized spacial score (nSPS) is 11.6. The van der Waals surface area contributed by atoms with Crippen molar-refractivity contribution in [3.8, 4) is 11.3 Å². The minimum atomic E-state index is -4.63. The molecule has 0 atom stereocenters. The quantitative estimate of drug-likeness (QED) is 0.627. The molecule has 1 aromatic heterocycles. The largest absolute Gasteiger partial charge is 0.449 e. The topological polar surface area (TPSA) is 28.7 Å². The fraction of sp³-hybridized carbons (Fsp3) is 0.167. The van der Waals surface area contributed by atoms with E-state index in [0.29, 0.717) is 5.56 Å². The van der Waals surface area contributed by atoms with Crippen molar-refractivity contribution in [1.29, 1.82) is 0 Å². The predicted molar refractivity (Wildman–Crippen MR) is 64.6 cm³/mol. The molecule has 2 aromatic rings. The molecule has 1 N–H and O–H groups in total. The standard InChI is InChI=1S/C12H8F4N2S/c1-6-7(3-2-4-8(6)13)9-5-10(19)18-11(17-9)12(14,15)16/h2-5H,1H3,(H,17,18,19). The van der Waals surface area contributed by atoms with Crippen molar-refractivity contribution in [1.82, 2.24) is 9.97 Å². The zero-order chi connectivity index (χ0) is 14.2. The summed E-state index contributed by atoms with van der Waals surface area (Å²) in [5.74, 6) is -1.69. The Hall–Kier alpha value is -1.76. The highest BCUT2D eigenvalue weighted by Crippen LogP contribution is 2.29. The van der Waals surface area contributed by atoms with E-state index in [2.05, 4.69) is 9.97 Å². The molecule has 0 aliphatic rings. The van der Waals surface area contributed by atoms with E-state index >= 15 is 0 Å². The fourth-order valence-electron chi connectivity index (χ4n) is 1.64. The summed E-state index contributed by atoms with van der Waals surface area (Å²) in [6, 6.07) is 5.44. The van der Waals surface area contributed by atoms with Gasteiger partial charge in [0.15, 0.2) is 0 Å². The molecule has 0 spiro atoms. The van der Waals surface area contributed by atoms with Gasteiger partial charge in [0.05, 0.1) is 5.69 Å². The lowest BCUT2D eigenvalue weighted by Gasteiger charge is -2.10. The predicted octanol–water partition coefficient (Wildman–Crippen LogP) is 4.27. The van der Waals surface area contributed by atoms with E-state index in [-0.39, 0.29) is 15.9 Å². The molecule has 0 saturated carbocycles. The van der Waals surface area contributed by atoms with Crippen LogP contribution in [0.15, 0.2) is 24.3 Å². The SMILES string of the molecule is Cc1c(F)cccc1-c1cc(=S)nc(C(F)(F)F)[nH]1. The summed E-state index contributed by atoms with van der Waals surface area (Å²) >= 11 is 4.71. The molecular weight excluding hydrogens is 280 g/mol. The van der Waals surface area contributed by atoms with Crippen LogP contribution in [0, 0.1) is 17.4 Å². The Bertz CT molecular complexity index is 676. The molecule has 0 radical (unpaired) electrons. The molecule has 0 bridgehead atoms. The van der Waals surface area contributed by atoms with E-state index in [4.69, 9.17) is 12.2 Å². The lowest BCUT2D eigenvalue weighted by Crippen LogP contribution is -2.11. The minimum absolute atomic E-state index is 0.0873. The van der Waals surface area contributed by atoms with Crippen LogP contribution in [0.25, 0.3) is 11.3 Å². The summed E-state index contributed by atoms with van der Waals surface area (Å²) in [5.41, 5.74) is 0.649. The third-order valence-corrected chi connectivity index (χ3v) is 2.78. The molecule has 100 valence electrons. The summed E-state index contributed by atoms with van der Waals surface area (Å²) in [6.45, 7) is 1.48. The average Bonchev–Trinajstić information content (AvgIpc) is 2.31.